The fourth-order valence-electron chi connectivity index (χ4n) is 5.77. The van der Waals surface area contributed by atoms with Gasteiger partial charge in [-0.05, 0) is 66.4 Å². The second-order valence-electron chi connectivity index (χ2n) is 11.5. The molecule has 0 heterocycles. The number of anilines is 1. The lowest BCUT2D eigenvalue weighted by atomic mass is 9.94. The first-order valence-corrected chi connectivity index (χ1v) is 17.6. The fraction of sp³-hybridized carbons (Fsp3) is 0.278. The molecule has 46 heavy (non-hydrogen) atoms. The van der Waals surface area contributed by atoms with Crippen molar-refractivity contribution in [1.29, 1.82) is 0 Å². The molecule has 0 aliphatic heterocycles. The highest BCUT2D eigenvalue weighted by Gasteiger charge is 2.35. The van der Waals surface area contributed by atoms with Crippen molar-refractivity contribution in [1.82, 2.24) is 10.2 Å². The Bertz CT molecular complexity index is 1720. The van der Waals surface area contributed by atoms with Crippen molar-refractivity contribution in [3.05, 3.63) is 130 Å². The van der Waals surface area contributed by atoms with E-state index in [1.807, 2.05) is 60.7 Å². The predicted molar refractivity (Wildman–Crippen MR) is 183 cm³/mol. The summed E-state index contributed by atoms with van der Waals surface area (Å²) in [4.78, 5) is 30.2. The smallest absolute Gasteiger partial charge is 0.264 e. The van der Waals surface area contributed by atoms with Crippen molar-refractivity contribution in [2.75, 3.05) is 10.8 Å². The van der Waals surface area contributed by atoms with Crippen molar-refractivity contribution >= 4 is 50.7 Å². The number of rotatable bonds is 12. The number of carbonyl (C=O) groups excluding carboxylic acids is 2. The zero-order chi connectivity index (χ0) is 32.5. The Hall–Kier alpha value is -3.85. The van der Waals surface area contributed by atoms with E-state index < -0.39 is 28.5 Å². The SMILES string of the molecule is O=C(NC1CCCCC1)C(Cc1ccccc1)N(Cc1ccccc1)C(=O)CN(c1cccc(Cl)c1)S(=O)(=O)c1ccc(Cl)cc1. The average molecular weight is 679 g/mol. The minimum atomic E-state index is -4.25. The normalized spacial score (nSPS) is 14.3. The van der Waals surface area contributed by atoms with E-state index in [0.29, 0.717) is 10.0 Å². The number of amides is 2. The maximum Gasteiger partial charge on any atom is 0.264 e. The van der Waals surface area contributed by atoms with Crippen LogP contribution in [0.5, 0.6) is 0 Å². The van der Waals surface area contributed by atoms with Crippen molar-refractivity contribution in [3.63, 3.8) is 0 Å². The van der Waals surface area contributed by atoms with E-state index in [0.717, 1.165) is 47.5 Å². The monoisotopic (exact) mass is 677 g/mol. The molecule has 1 aliphatic carbocycles. The first-order chi connectivity index (χ1) is 22.2. The molecule has 1 fully saturated rings. The van der Waals surface area contributed by atoms with Crippen LogP contribution < -0.4 is 9.62 Å². The van der Waals surface area contributed by atoms with Crippen LogP contribution in [0.15, 0.2) is 114 Å². The molecule has 1 aliphatic rings. The van der Waals surface area contributed by atoms with Crippen molar-refractivity contribution < 1.29 is 18.0 Å². The highest BCUT2D eigenvalue weighted by Crippen LogP contribution is 2.28. The maximum absolute atomic E-state index is 14.6. The largest absolute Gasteiger partial charge is 0.352 e. The van der Waals surface area contributed by atoms with Crippen molar-refractivity contribution in [2.24, 2.45) is 0 Å². The Kier molecular flexibility index (Phi) is 11.4. The van der Waals surface area contributed by atoms with Crippen LogP contribution in [0.1, 0.15) is 43.2 Å². The Morgan fingerprint density at radius 2 is 1.39 bits per heavy atom. The van der Waals surface area contributed by atoms with Gasteiger partial charge in [-0.25, -0.2) is 8.42 Å². The molecule has 0 saturated heterocycles. The minimum Gasteiger partial charge on any atom is -0.352 e. The van der Waals surface area contributed by atoms with Gasteiger partial charge in [-0.3, -0.25) is 13.9 Å². The van der Waals surface area contributed by atoms with E-state index in [4.69, 9.17) is 23.2 Å². The van der Waals surface area contributed by atoms with Gasteiger partial charge in [0.15, 0.2) is 0 Å². The lowest BCUT2D eigenvalue weighted by Crippen LogP contribution is -2.55. The molecule has 1 N–H and O–H groups in total. The quantitative estimate of drug-likeness (QED) is 0.171. The Morgan fingerprint density at radius 1 is 0.761 bits per heavy atom. The molecule has 2 amide bonds. The van der Waals surface area contributed by atoms with Gasteiger partial charge in [-0.15, -0.1) is 0 Å². The summed E-state index contributed by atoms with van der Waals surface area (Å²) in [5.74, 6) is -0.781. The summed E-state index contributed by atoms with van der Waals surface area (Å²) in [5.41, 5.74) is 1.92. The molecule has 0 spiro atoms. The zero-order valence-corrected chi connectivity index (χ0v) is 27.7. The third-order valence-electron chi connectivity index (χ3n) is 8.20. The summed E-state index contributed by atoms with van der Waals surface area (Å²) in [7, 11) is -4.25. The number of halogens is 2. The van der Waals surface area contributed by atoms with Gasteiger partial charge in [0.05, 0.1) is 10.6 Å². The van der Waals surface area contributed by atoms with Gasteiger partial charge in [0.2, 0.25) is 11.8 Å². The van der Waals surface area contributed by atoms with Crippen LogP contribution in [-0.2, 0) is 32.6 Å². The second kappa shape index (κ2) is 15.6. The number of nitrogens with one attached hydrogen (secondary N) is 1. The van der Waals surface area contributed by atoms with E-state index in [2.05, 4.69) is 5.32 Å². The van der Waals surface area contributed by atoms with Crippen LogP contribution >= 0.6 is 23.2 Å². The molecule has 1 unspecified atom stereocenters. The first-order valence-electron chi connectivity index (χ1n) is 15.4. The number of hydrogen-bond donors (Lipinski definition) is 1. The van der Waals surface area contributed by atoms with Crippen LogP contribution in [0.4, 0.5) is 5.69 Å². The molecule has 240 valence electrons. The Morgan fingerprint density at radius 3 is 2.02 bits per heavy atom. The van der Waals surface area contributed by atoms with Gasteiger partial charge in [-0.2, -0.15) is 0 Å². The van der Waals surface area contributed by atoms with Crippen LogP contribution in [0.3, 0.4) is 0 Å². The number of nitrogens with zero attached hydrogens (tertiary/aromatic N) is 2. The lowest BCUT2D eigenvalue weighted by Gasteiger charge is -2.35. The molecule has 7 nitrogen and oxygen atoms in total. The summed E-state index contributed by atoms with van der Waals surface area (Å²) in [5, 5.41) is 3.92. The summed E-state index contributed by atoms with van der Waals surface area (Å²) in [6.07, 6.45) is 5.26. The summed E-state index contributed by atoms with van der Waals surface area (Å²) < 4.78 is 29.3. The van der Waals surface area contributed by atoms with Crippen LogP contribution in [0.25, 0.3) is 0 Å². The van der Waals surface area contributed by atoms with E-state index in [-0.39, 0.29) is 35.5 Å². The van der Waals surface area contributed by atoms with Crippen LogP contribution in [0, 0.1) is 0 Å². The third-order valence-corrected chi connectivity index (χ3v) is 10.5. The standard InChI is InChI=1S/C36H37Cl2N3O4S/c37-29-19-21-33(22-20-29)46(44,45)41(32-18-10-15-30(38)24-32)26-35(42)40(25-28-13-6-2-7-14-28)34(23-27-11-4-1-5-12-27)36(43)39-31-16-8-3-9-17-31/h1-2,4-7,10-15,18-22,24,31,34H,3,8-9,16-17,23,25-26H2,(H,39,43). The topological polar surface area (TPSA) is 86.8 Å². The zero-order valence-electron chi connectivity index (χ0n) is 25.4. The number of benzene rings is 4. The second-order valence-corrected chi connectivity index (χ2v) is 14.2. The first kappa shape index (κ1) is 33.5. The molecule has 4 aromatic carbocycles. The van der Waals surface area contributed by atoms with Crippen molar-refractivity contribution in [2.45, 2.75) is 62.0 Å². The fourth-order valence-corrected chi connectivity index (χ4v) is 7.49. The van der Waals surface area contributed by atoms with Crippen molar-refractivity contribution in [3.8, 4) is 0 Å². The Balaban J connectivity index is 1.55. The van der Waals surface area contributed by atoms with Crippen LogP contribution in [-0.4, -0.2) is 43.8 Å². The highest BCUT2D eigenvalue weighted by atomic mass is 35.5. The van der Waals surface area contributed by atoms with E-state index >= 15 is 0 Å². The molecule has 4 aromatic rings. The van der Waals surface area contributed by atoms with Gasteiger partial charge in [-0.1, -0.05) is 109 Å². The van der Waals surface area contributed by atoms with Gasteiger partial charge >= 0.3 is 0 Å². The molecule has 5 rings (SSSR count). The molecule has 10 heteroatoms. The number of carbonyl (C=O) groups is 2. The third kappa shape index (κ3) is 8.69. The molecular weight excluding hydrogens is 641 g/mol. The maximum atomic E-state index is 14.6. The number of hydrogen-bond acceptors (Lipinski definition) is 4. The molecule has 1 atom stereocenters. The predicted octanol–water partition coefficient (Wildman–Crippen LogP) is 7.28. The minimum absolute atomic E-state index is 0.0291. The van der Waals surface area contributed by atoms with E-state index in [1.54, 1.807) is 18.2 Å². The average Bonchev–Trinajstić information content (AvgIpc) is 3.06. The van der Waals surface area contributed by atoms with Crippen LogP contribution in [0.2, 0.25) is 10.0 Å². The molecule has 0 aromatic heterocycles. The Labute approximate surface area is 281 Å². The van der Waals surface area contributed by atoms with Gasteiger partial charge < -0.3 is 10.2 Å². The van der Waals surface area contributed by atoms with Gasteiger partial charge in [0.25, 0.3) is 10.0 Å². The summed E-state index contributed by atoms with van der Waals surface area (Å²) >= 11 is 12.4. The molecule has 1 saturated carbocycles. The molecular formula is C36H37Cl2N3O4S. The lowest BCUT2D eigenvalue weighted by molar-refractivity contribution is -0.140. The molecule has 0 bridgehead atoms. The summed E-state index contributed by atoms with van der Waals surface area (Å²) in [6, 6.07) is 30.2. The summed E-state index contributed by atoms with van der Waals surface area (Å²) in [6.45, 7) is -0.445. The van der Waals surface area contributed by atoms with E-state index in [9.17, 15) is 18.0 Å². The number of sulfonamides is 1. The van der Waals surface area contributed by atoms with E-state index in [1.165, 1.54) is 35.2 Å². The van der Waals surface area contributed by atoms with Gasteiger partial charge in [0, 0.05) is 29.1 Å². The van der Waals surface area contributed by atoms with Gasteiger partial charge in [0.1, 0.15) is 12.6 Å². The molecule has 0 radical (unpaired) electrons. The highest BCUT2D eigenvalue weighted by molar-refractivity contribution is 7.92.